The summed E-state index contributed by atoms with van der Waals surface area (Å²) < 4.78 is 19.6. The number of hydrogen-bond donors (Lipinski definition) is 1. The Labute approximate surface area is 174 Å². The number of anilines is 1. The van der Waals surface area contributed by atoms with Crippen molar-refractivity contribution in [1.82, 2.24) is 15.0 Å². The van der Waals surface area contributed by atoms with E-state index in [1.54, 1.807) is 24.5 Å². The highest BCUT2D eigenvalue weighted by Gasteiger charge is 2.23. The van der Waals surface area contributed by atoms with Crippen molar-refractivity contribution in [2.75, 3.05) is 19.0 Å². The minimum Gasteiger partial charge on any atom is -0.491 e. The second kappa shape index (κ2) is 7.71. The molecule has 1 saturated carbocycles. The molecule has 1 aliphatic rings. The van der Waals surface area contributed by atoms with E-state index in [-0.39, 0.29) is 5.82 Å². The van der Waals surface area contributed by atoms with Crippen LogP contribution in [0.4, 0.5) is 10.2 Å². The first-order chi connectivity index (χ1) is 14.7. The minimum atomic E-state index is -0.259. The summed E-state index contributed by atoms with van der Waals surface area (Å²) in [5.74, 6) is 2.36. The zero-order valence-electron chi connectivity index (χ0n) is 16.6. The van der Waals surface area contributed by atoms with E-state index in [1.807, 2.05) is 31.3 Å². The van der Waals surface area contributed by atoms with Crippen LogP contribution in [-0.4, -0.2) is 28.6 Å². The second-order valence-electron chi connectivity index (χ2n) is 7.52. The standard InChI is InChI=1S/C24H21FN4O/c1-26-24-20-11-18(16-6-8-19(25)9-7-16)12-21(30-14-15-4-5-15)22(20)28-23(29-24)17-3-2-10-27-13-17/h2-3,6-13,15H,4-5,14H2,1H3,(H,26,28,29). The molecule has 2 aromatic carbocycles. The van der Waals surface area contributed by atoms with E-state index in [2.05, 4.69) is 10.3 Å². The number of hydrogen-bond acceptors (Lipinski definition) is 5. The van der Waals surface area contributed by atoms with Crippen molar-refractivity contribution in [2.24, 2.45) is 5.92 Å². The van der Waals surface area contributed by atoms with Gasteiger partial charge in [0.1, 0.15) is 22.9 Å². The summed E-state index contributed by atoms with van der Waals surface area (Å²) in [4.78, 5) is 13.7. The van der Waals surface area contributed by atoms with Crippen LogP contribution in [-0.2, 0) is 0 Å². The van der Waals surface area contributed by atoms with Gasteiger partial charge in [0.2, 0.25) is 0 Å². The van der Waals surface area contributed by atoms with Crippen molar-refractivity contribution < 1.29 is 9.13 Å². The van der Waals surface area contributed by atoms with Crippen LogP contribution >= 0.6 is 0 Å². The Morgan fingerprint density at radius 1 is 1.03 bits per heavy atom. The molecule has 5 nitrogen and oxygen atoms in total. The lowest BCUT2D eigenvalue weighted by molar-refractivity contribution is 0.303. The largest absolute Gasteiger partial charge is 0.491 e. The van der Waals surface area contributed by atoms with Crippen molar-refractivity contribution in [2.45, 2.75) is 12.8 Å². The Hall–Kier alpha value is -3.54. The predicted octanol–water partition coefficient (Wildman–Crippen LogP) is 5.33. The van der Waals surface area contributed by atoms with Gasteiger partial charge in [0, 0.05) is 30.4 Å². The van der Waals surface area contributed by atoms with Gasteiger partial charge in [0.15, 0.2) is 5.82 Å². The molecule has 0 spiro atoms. The zero-order valence-corrected chi connectivity index (χ0v) is 16.6. The molecule has 2 aromatic heterocycles. The summed E-state index contributed by atoms with van der Waals surface area (Å²) >= 11 is 0. The molecular weight excluding hydrogens is 379 g/mol. The van der Waals surface area contributed by atoms with E-state index < -0.39 is 0 Å². The molecule has 2 heterocycles. The van der Waals surface area contributed by atoms with Crippen molar-refractivity contribution in [1.29, 1.82) is 0 Å². The fraction of sp³-hybridized carbons (Fsp3) is 0.208. The fourth-order valence-corrected chi connectivity index (χ4v) is 3.43. The van der Waals surface area contributed by atoms with E-state index in [9.17, 15) is 4.39 Å². The van der Waals surface area contributed by atoms with Crippen LogP contribution in [0.25, 0.3) is 33.4 Å². The number of pyridine rings is 1. The number of nitrogens with one attached hydrogen (secondary N) is 1. The number of fused-ring (bicyclic) bond motifs is 1. The Bertz CT molecular complexity index is 1190. The Balaban J connectivity index is 1.70. The van der Waals surface area contributed by atoms with Crippen LogP contribution in [0, 0.1) is 11.7 Å². The lowest BCUT2D eigenvalue weighted by Gasteiger charge is -2.15. The van der Waals surface area contributed by atoms with Crippen molar-refractivity contribution >= 4 is 16.7 Å². The third-order valence-electron chi connectivity index (χ3n) is 5.27. The van der Waals surface area contributed by atoms with Gasteiger partial charge in [-0.1, -0.05) is 12.1 Å². The molecule has 0 atom stereocenters. The first-order valence-corrected chi connectivity index (χ1v) is 10.0. The molecule has 6 heteroatoms. The van der Waals surface area contributed by atoms with Gasteiger partial charge in [0.25, 0.3) is 0 Å². The third kappa shape index (κ3) is 3.68. The lowest BCUT2D eigenvalue weighted by atomic mass is 10.0. The van der Waals surface area contributed by atoms with Crippen LogP contribution in [0.3, 0.4) is 0 Å². The molecule has 5 rings (SSSR count). The Morgan fingerprint density at radius 2 is 1.87 bits per heavy atom. The maximum atomic E-state index is 13.4. The summed E-state index contributed by atoms with van der Waals surface area (Å²) in [6.45, 7) is 0.670. The van der Waals surface area contributed by atoms with Gasteiger partial charge in [-0.05, 0) is 66.3 Å². The first-order valence-electron chi connectivity index (χ1n) is 10.0. The maximum absolute atomic E-state index is 13.4. The minimum absolute atomic E-state index is 0.259. The quantitative estimate of drug-likeness (QED) is 0.474. The molecule has 1 aliphatic carbocycles. The molecule has 0 unspecified atom stereocenters. The number of nitrogens with zero attached hydrogens (tertiary/aromatic N) is 3. The number of aromatic nitrogens is 3. The van der Waals surface area contributed by atoms with Crippen LogP contribution in [0.2, 0.25) is 0 Å². The molecule has 0 saturated heterocycles. The molecule has 1 N–H and O–H groups in total. The van der Waals surface area contributed by atoms with Gasteiger partial charge in [-0.3, -0.25) is 4.98 Å². The van der Waals surface area contributed by atoms with E-state index >= 15 is 0 Å². The van der Waals surface area contributed by atoms with Crippen LogP contribution in [0.5, 0.6) is 5.75 Å². The van der Waals surface area contributed by atoms with Crippen molar-refractivity contribution in [3.63, 3.8) is 0 Å². The van der Waals surface area contributed by atoms with Crippen LogP contribution in [0.15, 0.2) is 60.9 Å². The van der Waals surface area contributed by atoms with Gasteiger partial charge < -0.3 is 10.1 Å². The molecule has 0 amide bonds. The van der Waals surface area contributed by atoms with Crippen molar-refractivity contribution in [3.05, 3.63) is 66.7 Å². The monoisotopic (exact) mass is 400 g/mol. The van der Waals surface area contributed by atoms with Gasteiger partial charge in [-0.2, -0.15) is 0 Å². The van der Waals surface area contributed by atoms with Gasteiger partial charge >= 0.3 is 0 Å². The summed E-state index contributed by atoms with van der Waals surface area (Å²) in [6.07, 6.45) is 5.88. The normalized spacial score (nSPS) is 13.4. The topological polar surface area (TPSA) is 59.9 Å². The molecule has 0 radical (unpaired) electrons. The highest BCUT2D eigenvalue weighted by molar-refractivity contribution is 5.97. The Kier molecular flexibility index (Phi) is 4.75. The fourth-order valence-electron chi connectivity index (χ4n) is 3.43. The molecule has 0 aliphatic heterocycles. The van der Waals surface area contributed by atoms with E-state index in [0.717, 1.165) is 27.6 Å². The first kappa shape index (κ1) is 18.5. The van der Waals surface area contributed by atoms with Crippen LogP contribution < -0.4 is 10.1 Å². The second-order valence-corrected chi connectivity index (χ2v) is 7.52. The van der Waals surface area contributed by atoms with Gasteiger partial charge in [0.05, 0.1) is 6.61 Å². The predicted molar refractivity (Wildman–Crippen MR) is 116 cm³/mol. The number of ether oxygens (including phenoxy) is 1. The number of benzene rings is 2. The summed E-state index contributed by atoms with van der Waals surface area (Å²) in [7, 11) is 1.84. The van der Waals surface area contributed by atoms with Crippen molar-refractivity contribution in [3.8, 4) is 28.3 Å². The number of rotatable bonds is 6. The molecule has 150 valence electrons. The molecular formula is C24H21FN4O. The average molecular weight is 400 g/mol. The summed E-state index contributed by atoms with van der Waals surface area (Å²) in [5, 5.41) is 4.04. The van der Waals surface area contributed by atoms with Gasteiger partial charge in [-0.15, -0.1) is 0 Å². The highest BCUT2D eigenvalue weighted by atomic mass is 19.1. The number of halogens is 1. The molecule has 1 fully saturated rings. The summed E-state index contributed by atoms with van der Waals surface area (Å²) in [6, 6.07) is 14.3. The van der Waals surface area contributed by atoms with Gasteiger partial charge in [-0.25, -0.2) is 14.4 Å². The SMILES string of the molecule is CNc1nc(-c2cccnc2)nc2c(OCC3CC3)cc(-c3ccc(F)cc3)cc12. The molecule has 4 aromatic rings. The van der Waals surface area contributed by atoms with E-state index in [0.29, 0.717) is 29.9 Å². The third-order valence-corrected chi connectivity index (χ3v) is 5.27. The summed E-state index contributed by atoms with van der Waals surface area (Å²) in [5.41, 5.74) is 3.43. The highest BCUT2D eigenvalue weighted by Crippen LogP contribution is 2.37. The van der Waals surface area contributed by atoms with Crippen LogP contribution in [0.1, 0.15) is 12.8 Å². The Morgan fingerprint density at radius 3 is 2.57 bits per heavy atom. The van der Waals surface area contributed by atoms with E-state index in [4.69, 9.17) is 14.7 Å². The molecule has 0 bridgehead atoms. The molecule has 30 heavy (non-hydrogen) atoms. The maximum Gasteiger partial charge on any atom is 0.163 e. The van der Waals surface area contributed by atoms with E-state index in [1.165, 1.54) is 25.0 Å². The zero-order chi connectivity index (χ0) is 20.5. The average Bonchev–Trinajstić information content (AvgIpc) is 3.62. The lowest BCUT2D eigenvalue weighted by Crippen LogP contribution is -2.04. The smallest absolute Gasteiger partial charge is 0.163 e.